The zero-order valence-corrected chi connectivity index (χ0v) is 38.0. The highest BCUT2D eigenvalue weighted by Crippen LogP contribution is 2.61. The number of fused-ring (bicyclic) bond motifs is 12. The van der Waals surface area contributed by atoms with Crippen LogP contribution in [0.3, 0.4) is 0 Å². The van der Waals surface area contributed by atoms with Gasteiger partial charge in [0.15, 0.2) is 33.9 Å². The molecule has 2 aliphatic carbocycles. The highest BCUT2D eigenvalue weighted by atomic mass is 16.5. The zero-order valence-electron chi connectivity index (χ0n) is 38.0. The number of ether oxygens (including phenoxy) is 4. The van der Waals surface area contributed by atoms with Crippen LogP contribution >= 0.6 is 0 Å². The first kappa shape index (κ1) is 44.1. The van der Waals surface area contributed by atoms with Crippen LogP contribution in [0.4, 0.5) is 0 Å². The maximum atomic E-state index is 12.6. The first-order chi connectivity index (χ1) is 31.6. The molecule has 4 aliphatic rings. The first-order valence-electron chi connectivity index (χ1n) is 22.4. The van der Waals surface area contributed by atoms with E-state index in [9.17, 15) is 29.4 Å². The van der Waals surface area contributed by atoms with Crippen molar-refractivity contribution in [2.45, 2.75) is 90.5 Å². The Kier molecular flexibility index (Phi) is 11.4. The van der Waals surface area contributed by atoms with Crippen molar-refractivity contribution in [1.29, 1.82) is 0 Å². The first-order valence-corrected chi connectivity index (χ1v) is 22.4. The third-order valence-electron chi connectivity index (χ3n) is 14.3. The van der Waals surface area contributed by atoms with Gasteiger partial charge < -0.3 is 38.3 Å². The van der Waals surface area contributed by atoms with Gasteiger partial charge in [-0.05, 0) is 83.0 Å². The number of aromatic carboxylic acids is 2. The van der Waals surface area contributed by atoms with E-state index in [1.165, 1.54) is 24.5 Å². The van der Waals surface area contributed by atoms with Gasteiger partial charge in [0.05, 0.1) is 25.6 Å². The van der Waals surface area contributed by atoms with Crippen molar-refractivity contribution in [3.8, 4) is 45.5 Å². The average molecular weight is 891 g/mol. The van der Waals surface area contributed by atoms with Gasteiger partial charge in [-0.25, -0.2) is 9.59 Å². The van der Waals surface area contributed by atoms with E-state index < -0.39 is 22.8 Å². The number of nitrogens with zero attached hydrogens (tertiary/aromatic N) is 2. The summed E-state index contributed by atoms with van der Waals surface area (Å²) >= 11 is 0. The molecular formula is C54H54N2O10. The lowest BCUT2D eigenvalue weighted by molar-refractivity contribution is 0.0683. The Labute approximate surface area is 383 Å². The number of aromatic nitrogens is 2. The fourth-order valence-corrected chi connectivity index (χ4v) is 11.1. The van der Waals surface area contributed by atoms with Gasteiger partial charge >= 0.3 is 11.9 Å². The van der Waals surface area contributed by atoms with Crippen LogP contribution in [0.25, 0.3) is 22.5 Å². The Balaban J connectivity index is 0.000000166. The fourth-order valence-electron chi connectivity index (χ4n) is 11.1. The molecule has 4 atom stereocenters. The van der Waals surface area contributed by atoms with E-state index in [0.717, 1.165) is 70.5 Å². The molecule has 4 heterocycles. The second-order valence-corrected chi connectivity index (χ2v) is 19.2. The molecule has 0 bridgehead atoms. The second-order valence-electron chi connectivity index (χ2n) is 19.2. The highest BCUT2D eigenvalue weighted by molar-refractivity contribution is 5.88. The lowest BCUT2D eigenvalue weighted by atomic mass is 9.77. The number of methoxy groups -OCH3 is 2. The minimum absolute atomic E-state index is 0.0487. The number of carboxylic acids is 2. The highest BCUT2D eigenvalue weighted by Gasteiger charge is 2.49. The molecule has 12 heteroatoms. The second kappa shape index (κ2) is 17.0. The van der Waals surface area contributed by atoms with Crippen molar-refractivity contribution in [2.75, 3.05) is 14.2 Å². The molecule has 6 aromatic rings. The summed E-state index contributed by atoms with van der Waals surface area (Å²) in [5.74, 6) is 0.492. The number of benzene rings is 4. The van der Waals surface area contributed by atoms with E-state index in [1.807, 2.05) is 81.9 Å². The van der Waals surface area contributed by atoms with Crippen LogP contribution in [0, 0.1) is 10.8 Å². The molecule has 0 unspecified atom stereocenters. The summed E-state index contributed by atoms with van der Waals surface area (Å²) in [5, 5.41) is 19.1. The number of hydrogen-bond acceptors (Lipinski definition) is 8. The molecule has 2 aliphatic heterocycles. The van der Waals surface area contributed by atoms with Crippen LogP contribution in [0.15, 0.2) is 119 Å². The summed E-state index contributed by atoms with van der Waals surface area (Å²) in [5.41, 5.74) is 6.15. The number of carbonyl (C=O) groups is 2. The minimum Gasteiger partial charge on any atom is -0.493 e. The Morgan fingerprint density at radius 3 is 1.30 bits per heavy atom. The van der Waals surface area contributed by atoms with E-state index in [2.05, 4.69) is 39.8 Å². The molecule has 12 nitrogen and oxygen atoms in total. The standard InChI is InChI=1S/2C27H27NO5/c2*1-27(2)10-9-17-18-11-24(33-15-16-7-5-4-6-8-16)23(32-3)12-19(18)21-13-22(29)20(26(30)31)14-28(21)25(17)27/h2*4-8,11-14,17,25H,9-10,15H2,1-3H3,(H,30,31)/t2*17-,25+/m10/s1. The van der Waals surface area contributed by atoms with Crippen LogP contribution in [-0.2, 0) is 13.2 Å². The van der Waals surface area contributed by atoms with Gasteiger partial charge in [0, 0.05) is 59.6 Å². The summed E-state index contributed by atoms with van der Waals surface area (Å²) < 4.78 is 27.7. The molecule has 0 saturated heterocycles. The normalized spacial score (nSPS) is 19.8. The minimum atomic E-state index is -1.20. The lowest BCUT2D eigenvalue weighted by Crippen LogP contribution is -2.32. The van der Waals surface area contributed by atoms with Gasteiger partial charge in [-0.3, -0.25) is 9.59 Å². The van der Waals surface area contributed by atoms with Gasteiger partial charge in [0.2, 0.25) is 0 Å². The number of carboxylic acid groups (broad SMARTS) is 2. The number of hydrogen-bond donors (Lipinski definition) is 2. The van der Waals surface area contributed by atoms with Crippen LogP contribution in [0.5, 0.6) is 23.0 Å². The van der Waals surface area contributed by atoms with Crippen LogP contribution in [0.2, 0.25) is 0 Å². The molecular weight excluding hydrogens is 837 g/mol. The Hall–Kier alpha value is -7.08. The van der Waals surface area contributed by atoms with Gasteiger partial charge in [0.1, 0.15) is 24.3 Å². The molecule has 0 spiro atoms. The molecule has 10 rings (SSSR count). The van der Waals surface area contributed by atoms with Crippen molar-refractivity contribution < 1.29 is 38.7 Å². The van der Waals surface area contributed by atoms with Crippen molar-refractivity contribution in [3.63, 3.8) is 0 Å². The Bertz CT molecular complexity index is 2790. The monoisotopic (exact) mass is 890 g/mol. The Morgan fingerprint density at radius 2 is 0.955 bits per heavy atom. The zero-order chi connectivity index (χ0) is 46.7. The van der Waals surface area contributed by atoms with Crippen molar-refractivity contribution >= 4 is 11.9 Å². The Morgan fingerprint density at radius 1 is 0.576 bits per heavy atom. The maximum absolute atomic E-state index is 12.6. The molecule has 4 aromatic carbocycles. The summed E-state index contributed by atoms with van der Waals surface area (Å²) in [6.45, 7) is 9.69. The van der Waals surface area contributed by atoms with Gasteiger partial charge in [-0.2, -0.15) is 0 Å². The van der Waals surface area contributed by atoms with Crippen molar-refractivity contribution in [1.82, 2.24) is 9.13 Å². The third-order valence-corrected chi connectivity index (χ3v) is 14.3. The average Bonchev–Trinajstić information content (AvgIpc) is 3.81. The topological polar surface area (TPSA) is 156 Å². The van der Waals surface area contributed by atoms with Crippen LogP contribution in [-0.4, -0.2) is 45.5 Å². The molecule has 2 fully saturated rings. The third kappa shape index (κ3) is 7.81. The fraction of sp³-hybridized carbons (Fsp3) is 0.333. The van der Waals surface area contributed by atoms with E-state index in [-0.39, 0.29) is 45.9 Å². The summed E-state index contributed by atoms with van der Waals surface area (Å²) in [4.78, 5) is 48.6. The maximum Gasteiger partial charge on any atom is 0.341 e. The predicted octanol–water partition coefficient (Wildman–Crippen LogP) is 10.5. The van der Waals surface area contributed by atoms with Crippen LogP contribution < -0.4 is 29.8 Å². The van der Waals surface area contributed by atoms with E-state index in [0.29, 0.717) is 36.2 Å². The van der Waals surface area contributed by atoms with Gasteiger partial charge in [-0.1, -0.05) is 88.4 Å². The summed E-state index contributed by atoms with van der Waals surface area (Å²) in [6, 6.07) is 30.9. The molecule has 0 radical (unpaired) electrons. The quantitative estimate of drug-likeness (QED) is 0.136. The smallest absolute Gasteiger partial charge is 0.341 e. The molecule has 340 valence electrons. The largest absolute Gasteiger partial charge is 0.493 e. The summed E-state index contributed by atoms with van der Waals surface area (Å²) in [6.07, 6.45) is 7.01. The molecule has 2 N–H and O–H groups in total. The van der Waals surface area contributed by atoms with E-state index in [4.69, 9.17) is 18.9 Å². The van der Waals surface area contributed by atoms with E-state index in [1.54, 1.807) is 14.2 Å². The molecule has 2 saturated carbocycles. The van der Waals surface area contributed by atoms with E-state index >= 15 is 0 Å². The summed E-state index contributed by atoms with van der Waals surface area (Å²) in [7, 11) is 3.20. The SMILES string of the molecule is COc1cc2c(cc1OCc1ccccc1)[C@@H]1CCC(C)(C)[C@@H]1n1cc(C(=O)O)c(=O)cc1-2.COc1cc2c(cc1OCc1ccccc1)[C@H]1CCC(C)(C)[C@H]1n1cc(C(=O)O)c(=O)cc1-2. The van der Waals surface area contributed by atoms with Gasteiger partial charge in [0.25, 0.3) is 0 Å². The number of pyridine rings is 2. The molecule has 2 aromatic heterocycles. The molecule has 0 amide bonds. The predicted molar refractivity (Wildman–Crippen MR) is 250 cm³/mol. The molecule has 66 heavy (non-hydrogen) atoms. The van der Waals surface area contributed by atoms with Crippen LogP contribution in [0.1, 0.15) is 120 Å². The van der Waals surface area contributed by atoms with Crippen molar-refractivity contribution in [3.05, 3.63) is 163 Å². The van der Waals surface area contributed by atoms with Gasteiger partial charge in [-0.15, -0.1) is 0 Å². The van der Waals surface area contributed by atoms with Crippen molar-refractivity contribution in [2.24, 2.45) is 10.8 Å². The lowest BCUT2D eigenvalue weighted by Gasteiger charge is -2.40. The number of rotatable bonds is 10.